The van der Waals surface area contributed by atoms with Crippen LogP contribution in [0.2, 0.25) is 0 Å². The Morgan fingerprint density at radius 1 is 0.704 bits per heavy atom. The highest BCUT2D eigenvalue weighted by Gasteiger charge is 3.00. The summed E-state index contributed by atoms with van der Waals surface area (Å²) >= 11 is 0. The monoisotopic (exact) mass is 420 g/mol. The van der Waals surface area contributed by atoms with E-state index in [-0.39, 0.29) is 12.1 Å². The Hall–Kier alpha value is -1.66. The molecule has 0 heterocycles. The summed E-state index contributed by atoms with van der Waals surface area (Å²) in [5.41, 5.74) is -8.05. The van der Waals surface area contributed by atoms with E-state index in [1.165, 1.54) is 0 Å². The molecule has 1 atom stereocenters. The molecule has 27 heavy (non-hydrogen) atoms. The van der Waals surface area contributed by atoms with Crippen LogP contribution >= 0.6 is 0 Å². The third kappa shape index (κ3) is 2.60. The van der Waals surface area contributed by atoms with Crippen molar-refractivity contribution >= 4 is 0 Å². The van der Waals surface area contributed by atoms with E-state index in [1.807, 2.05) is 0 Å². The van der Waals surface area contributed by atoms with Crippen molar-refractivity contribution in [3.8, 4) is 0 Å². The van der Waals surface area contributed by atoms with Gasteiger partial charge in [0.15, 0.2) is 0 Å². The molecule has 2 rings (SSSR count). The molecular weight excluding hydrogens is 412 g/mol. The quantitative estimate of drug-likeness (QED) is 0.651. The SMILES string of the molecule is OC(CC1(F)C(F)(F)C(F)(F)C(F)(F)C1(F)F)c1ccc(C(F)(F)F)cc1. The average Bonchev–Trinajstić information content (AvgIpc) is 2.56. The van der Waals surface area contributed by atoms with Crippen molar-refractivity contribution in [2.24, 2.45) is 0 Å². The number of alkyl halides is 12. The zero-order chi connectivity index (χ0) is 21.3. The lowest BCUT2D eigenvalue weighted by Crippen LogP contribution is -2.55. The van der Waals surface area contributed by atoms with Gasteiger partial charge >= 0.3 is 29.9 Å². The number of hydrogen-bond acceptors (Lipinski definition) is 1. The first-order valence-corrected chi connectivity index (χ1v) is 6.90. The second-order valence-corrected chi connectivity index (χ2v) is 5.94. The van der Waals surface area contributed by atoms with Gasteiger partial charge in [-0.15, -0.1) is 0 Å². The summed E-state index contributed by atoms with van der Waals surface area (Å²) in [6.45, 7) is 0. The lowest BCUT2D eigenvalue weighted by molar-refractivity contribution is -0.303. The lowest BCUT2D eigenvalue weighted by atomic mass is 9.87. The Kier molecular flexibility index (Phi) is 4.55. The van der Waals surface area contributed by atoms with Crippen LogP contribution in [0.25, 0.3) is 0 Å². The third-order valence-corrected chi connectivity index (χ3v) is 4.28. The Morgan fingerprint density at radius 3 is 1.41 bits per heavy atom. The molecule has 1 nitrogen and oxygen atoms in total. The van der Waals surface area contributed by atoms with Crippen molar-refractivity contribution in [1.82, 2.24) is 0 Å². The number of halogens is 12. The molecule has 1 aromatic rings. The van der Waals surface area contributed by atoms with Gasteiger partial charge in [0.2, 0.25) is 0 Å². The molecule has 1 aliphatic rings. The first-order chi connectivity index (χ1) is 11.8. The topological polar surface area (TPSA) is 20.2 Å². The maximum absolute atomic E-state index is 14.3. The van der Waals surface area contributed by atoms with Crippen molar-refractivity contribution in [3.05, 3.63) is 35.4 Å². The van der Waals surface area contributed by atoms with Gasteiger partial charge < -0.3 is 5.11 Å². The summed E-state index contributed by atoms with van der Waals surface area (Å²) < 4.78 is 158. The predicted octanol–water partition coefficient (Wildman–Crippen LogP) is 5.39. The minimum absolute atomic E-state index is 0.262. The molecule has 1 saturated carbocycles. The molecule has 1 N–H and O–H groups in total. The maximum Gasteiger partial charge on any atom is 0.416 e. The van der Waals surface area contributed by atoms with Gasteiger partial charge in [0.05, 0.1) is 11.7 Å². The van der Waals surface area contributed by atoms with Gasteiger partial charge in [0, 0.05) is 6.42 Å². The first kappa shape index (κ1) is 21.6. The first-order valence-electron chi connectivity index (χ1n) is 6.90. The van der Waals surface area contributed by atoms with E-state index in [1.54, 1.807) is 0 Å². The van der Waals surface area contributed by atoms with Crippen molar-refractivity contribution in [2.75, 3.05) is 0 Å². The highest BCUT2D eigenvalue weighted by Crippen LogP contribution is 2.70. The molecule has 154 valence electrons. The van der Waals surface area contributed by atoms with E-state index in [0.29, 0.717) is 12.1 Å². The Balaban J connectivity index is 2.42. The number of aliphatic hydroxyl groups is 1. The van der Waals surface area contributed by atoms with Gasteiger partial charge in [0.1, 0.15) is 0 Å². The van der Waals surface area contributed by atoms with Crippen molar-refractivity contribution in [1.29, 1.82) is 0 Å². The minimum atomic E-state index is -6.78. The average molecular weight is 420 g/mol. The van der Waals surface area contributed by atoms with E-state index < -0.39 is 59.2 Å². The van der Waals surface area contributed by atoms with Crippen LogP contribution in [0, 0.1) is 0 Å². The van der Waals surface area contributed by atoms with Crippen molar-refractivity contribution < 1.29 is 57.8 Å². The fourth-order valence-electron chi connectivity index (χ4n) is 2.62. The van der Waals surface area contributed by atoms with Gasteiger partial charge in [-0.05, 0) is 17.7 Å². The van der Waals surface area contributed by atoms with Gasteiger partial charge in [-0.3, -0.25) is 0 Å². The molecule has 13 heteroatoms. The molecule has 0 saturated heterocycles. The summed E-state index contributed by atoms with van der Waals surface area (Å²) in [5.74, 6) is -26.7. The van der Waals surface area contributed by atoms with Gasteiger partial charge in [0.25, 0.3) is 5.67 Å². The van der Waals surface area contributed by atoms with Crippen LogP contribution in [-0.4, -0.2) is 34.5 Å². The van der Waals surface area contributed by atoms with Crippen LogP contribution in [0.1, 0.15) is 23.7 Å². The zero-order valence-electron chi connectivity index (χ0n) is 12.6. The van der Waals surface area contributed by atoms with Gasteiger partial charge in [-0.25, -0.2) is 4.39 Å². The number of benzene rings is 1. The molecule has 0 aromatic heterocycles. The highest BCUT2D eigenvalue weighted by molar-refractivity contribution is 5.30. The Morgan fingerprint density at radius 2 is 1.07 bits per heavy atom. The molecular formula is C14H8F12O. The summed E-state index contributed by atoms with van der Waals surface area (Å²) in [6, 6.07) is 1.27. The second-order valence-electron chi connectivity index (χ2n) is 5.94. The number of aliphatic hydroxyl groups excluding tert-OH is 1. The molecule has 0 bridgehead atoms. The van der Waals surface area contributed by atoms with E-state index in [9.17, 15) is 57.8 Å². The van der Waals surface area contributed by atoms with Crippen LogP contribution in [0.15, 0.2) is 24.3 Å². The normalized spacial score (nSPS) is 26.0. The Bertz CT molecular complexity index is 680. The van der Waals surface area contributed by atoms with Crippen LogP contribution < -0.4 is 0 Å². The number of rotatable bonds is 3. The summed E-state index contributed by atoms with van der Waals surface area (Å²) in [6.07, 6.45) is -10.3. The van der Waals surface area contributed by atoms with E-state index in [4.69, 9.17) is 0 Å². The molecule has 0 aliphatic heterocycles. The van der Waals surface area contributed by atoms with Crippen LogP contribution in [0.4, 0.5) is 52.7 Å². The van der Waals surface area contributed by atoms with Crippen LogP contribution in [0.3, 0.4) is 0 Å². The minimum Gasteiger partial charge on any atom is -0.388 e. The fourth-order valence-corrected chi connectivity index (χ4v) is 2.62. The summed E-state index contributed by atoms with van der Waals surface area (Å²) in [4.78, 5) is 0. The standard InChI is InChI=1S/C14H8F12O/c15-9(11(19,20)13(23,24)14(25,26)12(9,21)22)5-8(27)6-1-3-7(4-2-6)10(16,17)18/h1-4,8,27H,5H2. The van der Waals surface area contributed by atoms with Crippen molar-refractivity contribution in [2.45, 2.75) is 48.1 Å². The Labute approximate surface area is 142 Å². The molecule has 0 spiro atoms. The van der Waals surface area contributed by atoms with E-state index >= 15 is 0 Å². The second kappa shape index (κ2) is 5.67. The van der Waals surface area contributed by atoms with E-state index in [2.05, 4.69) is 0 Å². The van der Waals surface area contributed by atoms with Crippen molar-refractivity contribution in [3.63, 3.8) is 0 Å². The molecule has 1 aromatic carbocycles. The lowest BCUT2D eigenvalue weighted by Gasteiger charge is -2.32. The maximum atomic E-state index is 14.3. The van der Waals surface area contributed by atoms with Crippen LogP contribution in [-0.2, 0) is 6.18 Å². The van der Waals surface area contributed by atoms with Crippen LogP contribution in [0.5, 0.6) is 0 Å². The molecule has 1 aliphatic carbocycles. The molecule has 1 fully saturated rings. The molecule has 0 amide bonds. The largest absolute Gasteiger partial charge is 0.416 e. The van der Waals surface area contributed by atoms with E-state index in [0.717, 1.165) is 0 Å². The predicted molar refractivity (Wildman–Crippen MR) is 64.6 cm³/mol. The highest BCUT2D eigenvalue weighted by atomic mass is 19.4. The van der Waals surface area contributed by atoms with Gasteiger partial charge in [-0.2, -0.15) is 48.3 Å². The third-order valence-electron chi connectivity index (χ3n) is 4.28. The summed E-state index contributed by atoms with van der Waals surface area (Å²) in [5, 5.41) is 9.57. The molecule has 1 unspecified atom stereocenters. The zero-order valence-corrected chi connectivity index (χ0v) is 12.6. The number of hydrogen-bond donors (Lipinski definition) is 1. The smallest absolute Gasteiger partial charge is 0.388 e. The summed E-state index contributed by atoms with van der Waals surface area (Å²) in [7, 11) is 0. The molecule has 0 radical (unpaired) electrons. The van der Waals surface area contributed by atoms with Gasteiger partial charge in [-0.1, -0.05) is 12.1 Å². The fraction of sp³-hybridized carbons (Fsp3) is 0.571.